The van der Waals surface area contributed by atoms with Gasteiger partial charge in [-0.05, 0) is 76.1 Å². The standard InChI is InChI=1S/C22H34FN3O/c1-17-4-3-5-21(16-17)26-14-12-25(13-15-26)11-10-19-6-8-20(9-7-19)24-22(27)18(2)23/h3-5,16,18-20H,6-15H2,1-2H3,(H,24,27). The molecule has 2 fully saturated rings. The first-order valence-electron chi connectivity index (χ1n) is 10.5. The fourth-order valence-electron chi connectivity index (χ4n) is 4.33. The van der Waals surface area contributed by atoms with Gasteiger partial charge in [-0.3, -0.25) is 9.69 Å². The highest BCUT2D eigenvalue weighted by molar-refractivity contribution is 5.80. The van der Waals surface area contributed by atoms with Crippen molar-refractivity contribution in [3.63, 3.8) is 0 Å². The van der Waals surface area contributed by atoms with Crippen molar-refractivity contribution in [3.05, 3.63) is 29.8 Å². The monoisotopic (exact) mass is 375 g/mol. The van der Waals surface area contributed by atoms with Crippen LogP contribution in [0.3, 0.4) is 0 Å². The van der Waals surface area contributed by atoms with Crippen LogP contribution in [0.25, 0.3) is 0 Å². The minimum absolute atomic E-state index is 0.171. The van der Waals surface area contributed by atoms with Gasteiger partial charge in [-0.2, -0.15) is 0 Å². The van der Waals surface area contributed by atoms with E-state index in [0.29, 0.717) is 0 Å². The molecule has 1 aromatic carbocycles. The second-order valence-corrected chi connectivity index (χ2v) is 8.30. The van der Waals surface area contributed by atoms with E-state index >= 15 is 0 Å². The maximum atomic E-state index is 13.0. The molecule has 1 aliphatic carbocycles. The molecule has 4 nitrogen and oxygen atoms in total. The molecule has 3 rings (SSSR count). The zero-order valence-electron chi connectivity index (χ0n) is 16.8. The van der Waals surface area contributed by atoms with E-state index in [1.165, 1.54) is 31.1 Å². The normalized spacial score (nSPS) is 25.2. The van der Waals surface area contributed by atoms with Crippen LogP contribution in [0.1, 0.15) is 44.6 Å². The van der Waals surface area contributed by atoms with Crippen molar-refractivity contribution in [2.45, 2.75) is 58.2 Å². The highest BCUT2D eigenvalue weighted by atomic mass is 19.1. The van der Waals surface area contributed by atoms with E-state index in [0.717, 1.165) is 57.8 Å². The molecule has 0 spiro atoms. The van der Waals surface area contributed by atoms with E-state index in [2.05, 4.69) is 46.3 Å². The summed E-state index contributed by atoms with van der Waals surface area (Å²) >= 11 is 0. The van der Waals surface area contributed by atoms with Crippen molar-refractivity contribution in [2.24, 2.45) is 5.92 Å². The largest absolute Gasteiger partial charge is 0.369 e. The number of piperazine rings is 1. The minimum atomic E-state index is -1.40. The first-order valence-corrected chi connectivity index (χ1v) is 10.5. The molecule has 27 heavy (non-hydrogen) atoms. The van der Waals surface area contributed by atoms with E-state index in [-0.39, 0.29) is 6.04 Å². The Hall–Kier alpha value is -1.62. The van der Waals surface area contributed by atoms with Crippen molar-refractivity contribution in [2.75, 3.05) is 37.6 Å². The lowest BCUT2D eigenvalue weighted by molar-refractivity contribution is -0.126. The van der Waals surface area contributed by atoms with Crippen LogP contribution in [0.2, 0.25) is 0 Å². The fraction of sp³-hybridized carbons (Fsp3) is 0.682. The molecule has 1 saturated heterocycles. The zero-order valence-corrected chi connectivity index (χ0v) is 16.8. The van der Waals surface area contributed by atoms with E-state index in [1.807, 2.05) is 0 Å². The lowest BCUT2D eigenvalue weighted by atomic mass is 9.84. The Bertz CT molecular complexity index is 605. The van der Waals surface area contributed by atoms with E-state index in [9.17, 15) is 9.18 Å². The van der Waals surface area contributed by atoms with Crippen LogP contribution in [0, 0.1) is 12.8 Å². The van der Waals surface area contributed by atoms with Crippen molar-refractivity contribution in [3.8, 4) is 0 Å². The van der Waals surface area contributed by atoms with Gasteiger partial charge in [0, 0.05) is 37.9 Å². The number of carbonyl (C=O) groups is 1. The van der Waals surface area contributed by atoms with Crippen LogP contribution in [-0.4, -0.2) is 55.7 Å². The Morgan fingerprint density at radius 1 is 1.19 bits per heavy atom. The van der Waals surface area contributed by atoms with Crippen molar-refractivity contribution < 1.29 is 9.18 Å². The predicted octanol–water partition coefficient (Wildman–Crippen LogP) is 3.54. The van der Waals surface area contributed by atoms with Crippen molar-refractivity contribution in [1.29, 1.82) is 0 Å². The van der Waals surface area contributed by atoms with E-state index in [4.69, 9.17) is 0 Å². The number of nitrogens with one attached hydrogen (secondary N) is 1. The Kier molecular flexibility index (Phi) is 7.11. The number of hydrogen-bond donors (Lipinski definition) is 1. The lowest BCUT2D eigenvalue weighted by Crippen LogP contribution is -2.47. The first kappa shape index (κ1) is 20.1. The molecule has 150 valence electrons. The second-order valence-electron chi connectivity index (χ2n) is 8.30. The number of halogens is 1. The molecule has 1 amide bonds. The van der Waals surface area contributed by atoms with Gasteiger partial charge in [-0.25, -0.2) is 4.39 Å². The molecular weight excluding hydrogens is 341 g/mol. The summed E-state index contributed by atoms with van der Waals surface area (Å²) in [6.45, 7) is 9.09. The number of amides is 1. The van der Waals surface area contributed by atoms with Crippen LogP contribution < -0.4 is 10.2 Å². The molecule has 0 aromatic heterocycles. The maximum absolute atomic E-state index is 13.0. The number of alkyl halides is 1. The first-order chi connectivity index (χ1) is 13.0. The van der Waals surface area contributed by atoms with Crippen molar-refractivity contribution in [1.82, 2.24) is 10.2 Å². The van der Waals surface area contributed by atoms with Gasteiger partial charge in [0.25, 0.3) is 5.91 Å². The maximum Gasteiger partial charge on any atom is 0.254 e. The molecule has 1 atom stereocenters. The Labute approximate surface area is 163 Å². The molecule has 1 aliphatic heterocycles. The third kappa shape index (κ3) is 5.93. The summed E-state index contributed by atoms with van der Waals surface area (Å²) in [4.78, 5) is 16.6. The predicted molar refractivity (Wildman–Crippen MR) is 109 cm³/mol. The Morgan fingerprint density at radius 3 is 2.52 bits per heavy atom. The van der Waals surface area contributed by atoms with Gasteiger partial charge in [-0.1, -0.05) is 12.1 Å². The summed E-state index contributed by atoms with van der Waals surface area (Å²) in [5, 5.41) is 2.84. The number of aryl methyl sites for hydroxylation is 1. The fourth-order valence-corrected chi connectivity index (χ4v) is 4.33. The summed E-state index contributed by atoms with van der Waals surface area (Å²) < 4.78 is 13.0. The van der Waals surface area contributed by atoms with Crippen LogP contribution in [0.5, 0.6) is 0 Å². The van der Waals surface area contributed by atoms with Crippen LogP contribution in [0.4, 0.5) is 10.1 Å². The average molecular weight is 376 g/mol. The smallest absolute Gasteiger partial charge is 0.254 e. The summed E-state index contributed by atoms with van der Waals surface area (Å²) in [6, 6.07) is 8.95. The second kappa shape index (κ2) is 9.54. The van der Waals surface area contributed by atoms with E-state index in [1.54, 1.807) is 0 Å². The third-order valence-corrected chi connectivity index (χ3v) is 6.15. The summed E-state index contributed by atoms with van der Waals surface area (Å²) in [6.07, 6.45) is 4.12. The van der Waals surface area contributed by atoms with Crippen molar-refractivity contribution >= 4 is 11.6 Å². The lowest BCUT2D eigenvalue weighted by Gasteiger charge is -2.37. The number of carbonyl (C=O) groups excluding carboxylic acids is 1. The van der Waals surface area contributed by atoms with Gasteiger partial charge in [-0.15, -0.1) is 0 Å². The molecule has 2 aliphatic rings. The number of rotatable bonds is 6. The summed E-state index contributed by atoms with van der Waals surface area (Å²) in [5.41, 5.74) is 2.67. The number of hydrogen-bond acceptors (Lipinski definition) is 3. The summed E-state index contributed by atoms with van der Waals surface area (Å²) in [5.74, 6) is 0.292. The van der Waals surface area contributed by atoms with Gasteiger partial charge in [0.1, 0.15) is 0 Å². The number of benzene rings is 1. The molecular formula is C22H34FN3O. The number of anilines is 1. The highest BCUT2D eigenvalue weighted by Crippen LogP contribution is 2.27. The van der Waals surface area contributed by atoms with Crippen LogP contribution >= 0.6 is 0 Å². The quantitative estimate of drug-likeness (QED) is 0.826. The Balaban J connectivity index is 1.33. The molecule has 0 bridgehead atoms. The van der Waals surface area contributed by atoms with Gasteiger partial charge in [0.2, 0.25) is 0 Å². The van der Waals surface area contributed by atoms with Gasteiger partial charge < -0.3 is 10.2 Å². The zero-order chi connectivity index (χ0) is 19.2. The molecule has 1 heterocycles. The minimum Gasteiger partial charge on any atom is -0.369 e. The van der Waals surface area contributed by atoms with Gasteiger partial charge >= 0.3 is 0 Å². The molecule has 0 radical (unpaired) electrons. The molecule has 1 aromatic rings. The number of nitrogens with zero attached hydrogens (tertiary/aromatic N) is 2. The molecule has 5 heteroatoms. The average Bonchev–Trinajstić information content (AvgIpc) is 2.68. The van der Waals surface area contributed by atoms with Crippen LogP contribution in [0.15, 0.2) is 24.3 Å². The Morgan fingerprint density at radius 2 is 1.89 bits per heavy atom. The van der Waals surface area contributed by atoms with Gasteiger partial charge in [0.05, 0.1) is 0 Å². The topological polar surface area (TPSA) is 35.6 Å². The van der Waals surface area contributed by atoms with E-state index < -0.39 is 12.1 Å². The molecule has 1 N–H and O–H groups in total. The highest BCUT2D eigenvalue weighted by Gasteiger charge is 2.25. The SMILES string of the molecule is Cc1cccc(N2CCN(CCC3CCC(NC(=O)C(C)F)CC3)CC2)c1. The third-order valence-electron chi connectivity index (χ3n) is 6.15. The van der Waals surface area contributed by atoms with Crippen LogP contribution in [-0.2, 0) is 4.79 Å². The van der Waals surface area contributed by atoms with Gasteiger partial charge in [0.15, 0.2) is 6.17 Å². The molecule has 1 unspecified atom stereocenters. The summed E-state index contributed by atoms with van der Waals surface area (Å²) in [7, 11) is 0. The molecule has 1 saturated carbocycles.